The number of fused-ring (bicyclic) bond motifs is 1. The summed E-state index contributed by atoms with van der Waals surface area (Å²) in [6.07, 6.45) is -2.75. The fourth-order valence-electron chi connectivity index (χ4n) is 5.06. The molecule has 0 aliphatic carbocycles. The molecule has 1 aliphatic rings. The smallest absolute Gasteiger partial charge is 0.338 e. The van der Waals surface area contributed by atoms with Gasteiger partial charge in [0.25, 0.3) is 0 Å². The van der Waals surface area contributed by atoms with Gasteiger partial charge in [-0.15, -0.1) is 0 Å². The van der Waals surface area contributed by atoms with E-state index in [4.69, 9.17) is 42.6 Å². The SMILES string of the molecule is CC(=O)Oc1cc(OC(C)=O)c2c(c1)O[C@H](c1ccc(OC(C)=O)c(OC(C)=O)c1)[C@H](OC(=O)c1cc(OC(C)=O)c(OC(C)=O)c(OC(C)=O)c1)C2. The predicted octanol–water partition coefficient (Wildman–Crippen LogP) is 4.07. The summed E-state index contributed by atoms with van der Waals surface area (Å²) in [7, 11) is 0. The van der Waals surface area contributed by atoms with E-state index in [9.17, 15) is 38.4 Å². The second-order valence-electron chi connectivity index (χ2n) is 11.2. The Hall–Kier alpha value is -6.78. The van der Waals surface area contributed by atoms with Crippen LogP contribution in [0.25, 0.3) is 0 Å². The monoisotopic (exact) mass is 736 g/mol. The molecule has 4 rings (SSSR count). The zero-order valence-corrected chi connectivity index (χ0v) is 29.3. The standard InChI is InChI=1S/C36H32O17/c1-16(37)45-25-13-28(47-18(3)39)26-15-33(34(52-29(26)14-25)23-8-9-27(46-17(2)38)30(10-23)48-19(4)40)53-36(44)24-11-31(49-20(5)41)35(51-22(7)43)32(12-24)50-21(6)42/h8-14,33-34H,15H2,1-7H3/t33-,34-/m1/s1. The molecule has 0 saturated heterocycles. The third-order valence-corrected chi connectivity index (χ3v) is 6.73. The first kappa shape index (κ1) is 39.0. The van der Waals surface area contributed by atoms with Gasteiger partial charge in [0.1, 0.15) is 23.4 Å². The van der Waals surface area contributed by atoms with Gasteiger partial charge in [-0.3, -0.25) is 33.6 Å². The Morgan fingerprint density at radius 2 is 1.02 bits per heavy atom. The predicted molar refractivity (Wildman–Crippen MR) is 175 cm³/mol. The van der Waals surface area contributed by atoms with Gasteiger partial charge in [0.2, 0.25) is 5.75 Å². The number of hydrogen-bond donors (Lipinski definition) is 0. The van der Waals surface area contributed by atoms with Crippen LogP contribution in [0, 0.1) is 0 Å². The Morgan fingerprint density at radius 3 is 1.55 bits per heavy atom. The lowest BCUT2D eigenvalue weighted by molar-refractivity contribution is -0.135. The van der Waals surface area contributed by atoms with Crippen molar-refractivity contribution in [3.05, 3.63) is 59.2 Å². The fourth-order valence-corrected chi connectivity index (χ4v) is 5.06. The molecule has 278 valence electrons. The maximum absolute atomic E-state index is 13.9. The van der Waals surface area contributed by atoms with Crippen molar-refractivity contribution in [1.82, 2.24) is 0 Å². The van der Waals surface area contributed by atoms with Crippen molar-refractivity contribution in [3.8, 4) is 46.0 Å². The summed E-state index contributed by atoms with van der Waals surface area (Å²) in [6, 6.07) is 8.71. The van der Waals surface area contributed by atoms with Gasteiger partial charge in [0.05, 0.1) is 5.56 Å². The largest absolute Gasteiger partial charge is 0.481 e. The topological polar surface area (TPSA) is 220 Å². The summed E-state index contributed by atoms with van der Waals surface area (Å²) in [5, 5.41) is 0. The van der Waals surface area contributed by atoms with Gasteiger partial charge in [0, 0.05) is 78.1 Å². The molecule has 17 heteroatoms. The van der Waals surface area contributed by atoms with Gasteiger partial charge < -0.3 is 42.6 Å². The zero-order chi connectivity index (χ0) is 39.1. The molecule has 0 fully saturated rings. The Kier molecular flexibility index (Phi) is 12.1. The normalized spacial score (nSPS) is 14.2. The van der Waals surface area contributed by atoms with Gasteiger partial charge in [-0.05, 0) is 24.3 Å². The minimum absolute atomic E-state index is 0.0450. The van der Waals surface area contributed by atoms with Crippen molar-refractivity contribution < 1.29 is 81.0 Å². The second-order valence-corrected chi connectivity index (χ2v) is 11.2. The van der Waals surface area contributed by atoms with Crippen LogP contribution in [-0.4, -0.2) is 53.9 Å². The molecule has 53 heavy (non-hydrogen) atoms. The van der Waals surface area contributed by atoms with E-state index in [1.807, 2.05) is 0 Å². The van der Waals surface area contributed by atoms with Gasteiger partial charge in [-0.2, -0.15) is 0 Å². The molecule has 0 aromatic heterocycles. The highest BCUT2D eigenvalue weighted by Gasteiger charge is 2.38. The highest BCUT2D eigenvalue weighted by molar-refractivity contribution is 5.92. The van der Waals surface area contributed by atoms with Crippen LogP contribution in [0.3, 0.4) is 0 Å². The van der Waals surface area contributed by atoms with Crippen LogP contribution in [0.4, 0.5) is 0 Å². The number of ether oxygens (including phenoxy) is 9. The lowest BCUT2D eigenvalue weighted by atomic mass is 9.93. The van der Waals surface area contributed by atoms with Crippen LogP contribution in [0.2, 0.25) is 0 Å². The Morgan fingerprint density at radius 1 is 0.528 bits per heavy atom. The molecule has 17 nitrogen and oxygen atoms in total. The summed E-state index contributed by atoms with van der Waals surface area (Å²) in [6.45, 7) is 7.68. The van der Waals surface area contributed by atoms with E-state index in [2.05, 4.69) is 0 Å². The Labute approximate surface area is 300 Å². The summed E-state index contributed by atoms with van der Waals surface area (Å²) < 4.78 is 48.7. The summed E-state index contributed by atoms with van der Waals surface area (Å²) in [5.41, 5.74) is 0.0985. The first-order valence-electron chi connectivity index (χ1n) is 15.6. The van der Waals surface area contributed by atoms with Crippen LogP contribution in [-0.2, 0) is 44.7 Å². The van der Waals surface area contributed by atoms with Gasteiger partial charge in [-0.1, -0.05) is 6.07 Å². The number of carbonyl (C=O) groups excluding carboxylic acids is 8. The van der Waals surface area contributed by atoms with Crippen molar-refractivity contribution in [3.63, 3.8) is 0 Å². The third-order valence-electron chi connectivity index (χ3n) is 6.73. The Balaban J connectivity index is 1.88. The quantitative estimate of drug-likeness (QED) is 0.211. The van der Waals surface area contributed by atoms with Crippen molar-refractivity contribution in [2.75, 3.05) is 0 Å². The van der Waals surface area contributed by atoms with Crippen LogP contribution >= 0.6 is 0 Å². The molecule has 0 bridgehead atoms. The van der Waals surface area contributed by atoms with Crippen LogP contribution < -0.4 is 37.9 Å². The number of hydrogen-bond acceptors (Lipinski definition) is 17. The number of carbonyl (C=O) groups is 8. The van der Waals surface area contributed by atoms with Gasteiger partial charge >= 0.3 is 47.8 Å². The minimum atomic E-state index is -1.30. The van der Waals surface area contributed by atoms with E-state index in [-0.39, 0.29) is 51.9 Å². The molecule has 0 radical (unpaired) electrons. The average Bonchev–Trinajstić information content (AvgIpc) is 3.01. The molecular formula is C36H32O17. The van der Waals surface area contributed by atoms with E-state index in [1.54, 1.807) is 0 Å². The van der Waals surface area contributed by atoms with Crippen LogP contribution in [0.5, 0.6) is 46.0 Å². The molecule has 2 atom stereocenters. The molecule has 0 unspecified atom stereocenters. The van der Waals surface area contributed by atoms with E-state index >= 15 is 0 Å². The molecule has 0 spiro atoms. The highest BCUT2D eigenvalue weighted by Crippen LogP contribution is 2.46. The molecule has 1 aliphatic heterocycles. The van der Waals surface area contributed by atoms with E-state index < -0.39 is 77.2 Å². The summed E-state index contributed by atoms with van der Waals surface area (Å²) >= 11 is 0. The summed E-state index contributed by atoms with van der Waals surface area (Å²) in [5.74, 6) is -8.35. The van der Waals surface area contributed by atoms with Crippen molar-refractivity contribution in [2.45, 2.75) is 67.1 Å². The van der Waals surface area contributed by atoms with Crippen molar-refractivity contribution in [2.24, 2.45) is 0 Å². The lowest BCUT2D eigenvalue weighted by Crippen LogP contribution is -2.35. The molecule has 1 heterocycles. The number of esters is 8. The Bertz CT molecular complexity index is 1990. The van der Waals surface area contributed by atoms with Gasteiger partial charge in [-0.25, -0.2) is 4.79 Å². The van der Waals surface area contributed by atoms with E-state index in [0.29, 0.717) is 0 Å². The molecule has 3 aromatic carbocycles. The first-order chi connectivity index (χ1) is 24.9. The van der Waals surface area contributed by atoms with Gasteiger partial charge in [0.15, 0.2) is 29.1 Å². The highest BCUT2D eigenvalue weighted by atomic mass is 16.6. The maximum atomic E-state index is 13.9. The zero-order valence-electron chi connectivity index (χ0n) is 29.3. The molecule has 3 aromatic rings. The summed E-state index contributed by atoms with van der Waals surface area (Å²) in [4.78, 5) is 97.2. The molecule has 0 saturated carbocycles. The average molecular weight is 737 g/mol. The van der Waals surface area contributed by atoms with Crippen LogP contribution in [0.15, 0.2) is 42.5 Å². The molecular weight excluding hydrogens is 704 g/mol. The number of benzene rings is 3. The third kappa shape index (κ3) is 10.4. The molecule has 0 amide bonds. The van der Waals surface area contributed by atoms with Crippen molar-refractivity contribution >= 4 is 47.8 Å². The number of rotatable bonds is 10. The van der Waals surface area contributed by atoms with Crippen molar-refractivity contribution in [1.29, 1.82) is 0 Å². The second kappa shape index (κ2) is 16.5. The maximum Gasteiger partial charge on any atom is 0.338 e. The minimum Gasteiger partial charge on any atom is -0.481 e. The first-order valence-corrected chi connectivity index (χ1v) is 15.6. The molecule has 0 N–H and O–H groups in total. The fraction of sp³-hybridized carbons (Fsp3) is 0.278. The van der Waals surface area contributed by atoms with Crippen LogP contribution in [0.1, 0.15) is 76.1 Å². The van der Waals surface area contributed by atoms with E-state index in [0.717, 1.165) is 60.6 Å². The van der Waals surface area contributed by atoms with E-state index in [1.165, 1.54) is 30.3 Å². The lowest BCUT2D eigenvalue weighted by Gasteiger charge is -2.34.